The van der Waals surface area contributed by atoms with E-state index in [0.29, 0.717) is 16.7 Å². The molecular formula is C21H42IN3O2S. The molecule has 2 aliphatic carbocycles. The summed E-state index contributed by atoms with van der Waals surface area (Å²) in [5.74, 6) is 1.71. The second-order valence-electron chi connectivity index (χ2n) is 8.15. The Morgan fingerprint density at radius 2 is 1.93 bits per heavy atom. The van der Waals surface area contributed by atoms with E-state index in [4.69, 9.17) is 9.73 Å². The van der Waals surface area contributed by atoms with Crippen LogP contribution in [0, 0.1) is 5.41 Å². The van der Waals surface area contributed by atoms with Crippen LogP contribution in [0.2, 0.25) is 0 Å². The Morgan fingerprint density at radius 1 is 1.18 bits per heavy atom. The summed E-state index contributed by atoms with van der Waals surface area (Å²) in [5.41, 5.74) is 0.316. The van der Waals surface area contributed by atoms with Crippen molar-refractivity contribution in [1.82, 2.24) is 10.6 Å². The van der Waals surface area contributed by atoms with E-state index < -0.39 is 10.8 Å². The van der Waals surface area contributed by atoms with Crippen LogP contribution >= 0.6 is 24.0 Å². The molecule has 3 unspecified atom stereocenters. The molecule has 5 nitrogen and oxygen atoms in total. The second-order valence-corrected chi connectivity index (χ2v) is 10.2. The Labute approximate surface area is 192 Å². The molecule has 0 radical (unpaired) electrons. The fourth-order valence-electron chi connectivity index (χ4n) is 4.56. The zero-order chi connectivity index (χ0) is 19.5. The quantitative estimate of drug-likeness (QED) is 0.193. The summed E-state index contributed by atoms with van der Waals surface area (Å²) >= 11 is 0. The smallest absolute Gasteiger partial charge is 0.191 e. The number of hydrogen-bond donors (Lipinski definition) is 2. The molecule has 0 saturated heterocycles. The molecule has 2 aliphatic rings. The Balaban J connectivity index is 0.00000392. The lowest BCUT2D eigenvalue weighted by atomic mass is 9.83. The first-order valence-corrected chi connectivity index (χ1v) is 12.5. The molecule has 2 rings (SSSR count). The summed E-state index contributed by atoms with van der Waals surface area (Å²) in [6, 6.07) is 0.389. The molecule has 0 aliphatic heterocycles. The third kappa shape index (κ3) is 8.46. The number of halogens is 1. The standard InChI is InChI=1S/C21H41N3O2S.HI/c1-4-22-20(24-18-10-9-11-19(16-18)27(25)6-3)23-17-21(12-7-8-13-21)14-15-26-5-2;/h18-19H,4-17H2,1-3H3,(H2,22,23,24);1H. The number of rotatable bonds is 10. The van der Waals surface area contributed by atoms with Crippen LogP contribution in [0.1, 0.15) is 78.6 Å². The zero-order valence-electron chi connectivity index (χ0n) is 18.1. The van der Waals surface area contributed by atoms with E-state index in [-0.39, 0.29) is 24.0 Å². The van der Waals surface area contributed by atoms with E-state index in [1.54, 1.807) is 0 Å². The number of guanidine groups is 1. The molecule has 0 bridgehead atoms. The van der Waals surface area contributed by atoms with Gasteiger partial charge in [0.1, 0.15) is 0 Å². The topological polar surface area (TPSA) is 62.7 Å². The summed E-state index contributed by atoms with van der Waals surface area (Å²) in [6.45, 7) is 9.61. The monoisotopic (exact) mass is 527 g/mol. The fraction of sp³-hybridized carbons (Fsp3) is 0.952. The minimum Gasteiger partial charge on any atom is -0.382 e. The van der Waals surface area contributed by atoms with Gasteiger partial charge >= 0.3 is 0 Å². The van der Waals surface area contributed by atoms with E-state index in [2.05, 4.69) is 24.5 Å². The van der Waals surface area contributed by atoms with Crippen molar-refractivity contribution in [2.24, 2.45) is 10.4 Å². The molecule has 2 saturated carbocycles. The van der Waals surface area contributed by atoms with Crippen molar-refractivity contribution in [1.29, 1.82) is 0 Å². The Kier molecular flexibility index (Phi) is 13.2. The van der Waals surface area contributed by atoms with Crippen LogP contribution in [-0.2, 0) is 15.5 Å². The van der Waals surface area contributed by atoms with Gasteiger partial charge in [-0.05, 0) is 57.8 Å². The molecule has 0 aromatic rings. The SMILES string of the molecule is CCNC(=NCC1(CCOCC)CCCC1)NC1CCCC(S(=O)CC)C1.I. The van der Waals surface area contributed by atoms with E-state index >= 15 is 0 Å². The van der Waals surface area contributed by atoms with Gasteiger partial charge in [-0.1, -0.05) is 26.2 Å². The molecule has 0 amide bonds. The maximum atomic E-state index is 12.2. The molecule has 0 spiro atoms. The van der Waals surface area contributed by atoms with Crippen LogP contribution < -0.4 is 10.6 Å². The maximum Gasteiger partial charge on any atom is 0.191 e. The molecule has 3 atom stereocenters. The molecule has 2 N–H and O–H groups in total. The average molecular weight is 528 g/mol. The minimum atomic E-state index is -0.684. The third-order valence-electron chi connectivity index (χ3n) is 6.19. The molecule has 0 aromatic heterocycles. The highest BCUT2D eigenvalue weighted by atomic mass is 127. The number of nitrogens with one attached hydrogen (secondary N) is 2. The van der Waals surface area contributed by atoms with Crippen LogP contribution in [-0.4, -0.2) is 53.5 Å². The van der Waals surface area contributed by atoms with Crippen LogP contribution in [0.3, 0.4) is 0 Å². The van der Waals surface area contributed by atoms with Crippen molar-refractivity contribution in [2.45, 2.75) is 89.9 Å². The molecule has 0 aromatic carbocycles. The van der Waals surface area contributed by atoms with Crippen LogP contribution in [0.15, 0.2) is 4.99 Å². The van der Waals surface area contributed by atoms with Crippen LogP contribution in [0.25, 0.3) is 0 Å². The summed E-state index contributed by atoms with van der Waals surface area (Å²) in [7, 11) is -0.684. The summed E-state index contributed by atoms with van der Waals surface area (Å²) in [6.07, 6.45) is 10.7. The van der Waals surface area contributed by atoms with Gasteiger partial charge in [0.2, 0.25) is 0 Å². The maximum absolute atomic E-state index is 12.2. The van der Waals surface area contributed by atoms with Crippen molar-refractivity contribution in [3.63, 3.8) is 0 Å². The lowest BCUT2D eigenvalue weighted by Gasteiger charge is -2.31. The highest BCUT2D eigenvalue weighted by Crippen LogP contribution is 2.41. The first-order valence-electron chi connectivity index (χ1n) is 11.1. The van der Waals surface area contributed by atoms with Gasteiger partial charge < -0.3 is 15.4 Å². The number of aliphatic imine (C=N–C) groups is 1. The molecule has 0 heterocycles. The second kappa shape index (κ2) is 14.2. The predicted octanol–water partition coefficient (Wildman–Crippen LogP) is 4.23. The van der Waals surface area contributed by atoms with Crippen molar-refractivity contribution < 1.29 is 8.95 Å². The van der Waals surface area contributed by atoms with Gasteiger partial charge in [-0.3, -0.25) is 9.20 Å². The zero-order valence-corrected chi connectivity index (χ0v) is 21.3. The first-order chi connectivity index (χ1) is 13.1. The Hall–Kier alpha value is 0.110. The molecule has 28 heavy (non-hydrogen) atoms. The van der Waals surface area contributed by atoms with Gasteiger partial charge in [-0.25, -0.2) is 0 Å². The van der Waals surface area contributed by atoms with Crippen molar-refractivity contribution in [3.05, 3.63) is 0 Å². The van der Waals surface area contributed by atoms with Crippen LogP contribution in [0.4, 0.5) is 0 Å². The van der Waals surface area contributed by atoms with Gasteiger partial charge in [0.05, 0.1) is 0 Å². The van der Waals surface area contributed by atoms with E-state index in [0.717, 1.165) is 70.1 Å². The lowest BCUT2D eigenvalue weighted by Crippen LogP contribution is -2.47. The summed E-state index contributed by atoms with van der Waals surface area (Å²) < 4.78 is 17.8. The van der Waals surface area contributed by atoms with E-state index in [1.807, 2.05) is 6.92 Å². The van der Waals surface area contributed by atoms with E-state index in [1.165, 1.54) is 25.7 Å². The summed E-state index contributed by atoms with van der Waals surface area (Å²) in [4.78, 5) is 4.99. The van der Waals surface area contributed by atoms with Gasteiger partial charge in [0.15, 0.2) is 5.96 Å². The minimum absolute atomic E-state index is 0. The molecule has 7 heteroatoms. The van der Waals surface area contributed by atoms with Crippen molar-refractivity contribution in [3.8, 4) is 0 Å². The highest BCUT2D eigenvalue weighted by Gasteiger charge is 2.33. The average Bonchev–Trinajstić information content (AvgIpc) is 3.15. The van der Waals surface area contributed by atoms with Gasteiger partial charge in [0, 0.05) is 54.1 Å². The fourth-order valence-corrected chi connectivity index (χ4v) is 5.90. The van der Waals surface area contributed by atoms with E-state index in [9.17, 15) is 4.21 Å². The van der Waals surface area contributed by atoms with Gasteiger partial charge in [0.25, 0.3) is 0 Å². The molecule has 166 valence electrons. The predicted molar refractivity (Wildman–Crippen MR) is 131 cm³/mol. The number of ether oxygens (including phenoxy) is 1. The van der Waals surface area contributed by atoms with Crippen molar-refractivity contribution in [2.75, 3.05) is 32.1 Å². The number of hydrogen-bond acceptors (Lipinski definition) is 3. The van der Waals surface area contributed by atoms with Gasteiger partial charge in [-0.2, -0.15) is 0 Å². The Morgan fingerprint density at radius 3 is 2.57 bits per heavy atom. The lowest BCUT2D eigenvalue weighted by molar-refractivity contribution is 0.107. The third-order valence-corrected chi connectivity index (χ3v) is 7.93. The number of nitrogens with zero attached hydrogens (tertiary/aromatic N) is 1. The molecular weight excluding hydrogens is 485 g/mol. The Bertz CT molecular complexity index is 484. The summed E-state index contributed by atoms with van der Waals surface area (Å²) in [5, 5.41) is 7.42. The van der Waals surface area contributed by atoms with Gasteiger partial charge in [-0.15, -0.1) is 24.0 Å². The largest absolute Gasteiger partial charge is 0.382 e. The highest BCUT2D eigenvalue weighted by molar-refractivity contribution is 14.0. The van der Waals surface area contributed by atoms with Crippen molar-refractivity contribution >= 4 is 40.7 Å². The molecule has 2 fully saturated rings. The first kappa shape index (κ1) is 26.1. The van der Waals surface area contributed by atoms with Crippen LogP contribution in [0.5, 0.6) is 0 Å². The normalized spacial score (nSPS) is 25.8.